The zero-order chi connectivity index (χ0) is 14.7. The monoisotopic (exact) mass is 346 g/mol. The van der Waals surface area contributed by atoms with Crippen LogP contribution in [0.15, 0.2) is 75.6 Å². The molecule has 0 unspecified atom stereocenters. The number of furan rings is 1. The molecule has 1 nitrogen and oxygen atoms in total. The highest BCUT2D eigenvalue weighted by molar-refractivity contribution is 9.10. The molecule has 5 rings (SSSR count). The van der Waals surface area contributed by atoms with E-state index in [1.165, 1.54) is 26.9 Å². The van der Waals surface area contributed by atoms with Crippen LogP contribution in [0.1, 0.15) is 0 Å². The van der Waals surface area contributed by atoms with Gasteiger partial charge in [0.1, 0.15) is 11.2 Å². The third-order valence-electron chi connectivity index (χ3n) is 4.32. The van der Waals surface area contributed by atoms with Crippen molar-refractivity contribution in [3.05, 3.63) is 71.2 Å². The maximum atomic E-state index is 6.22. The van der Waals surface area contributed by atoms with Crippen LogP contribution in [0, 0.1) is 0 Å². The number of hydrogen-bond acceptors (Lipinski definition) is 1. The van der Waals surface area contributed by atoms with Crippen molar-refractivity contribution in [2.45, 2.75) is 0 Å². The molecule has 0 bridgehead atoms. The number of benzene rings is 4. The SMILES string of the molecule is Brc1cc2oc3c4ccccc4ccc3c2c2ccccc12. The molecule has 5 aromatic rings. The van der Waals surface area contributed by atoms with E-state index in [0.717, 1.165) is 21.0 Å². The Balaban J connectivity index is 2.12. The fourth-order valence-electron chi connectivity index (χ4n) is 3.33. The summed E-state index contributed by atoms with van der Waals surface area (Å²) in [5.41, 5.74) is 1.90. The van der Waals surface area contributed by atoms with Crippen LogP contribution in [0.4, 0.5) is 0 Å². The summed E-state index contributed by atoms with van der Waals surface area (Å²) >= 11 is 3.66. The van der Waals surface area contributed by atoms with Gasteiger partial charge in [-0.05, 0) is 28.3 Å². The molecule has 0 N–H and O–H groups in total. The van der Waals surface area contributed by atoms with Gasteiger partial charge in [-0.15, -0.1) is 0 Å². The van der Waals surface area contributed by atoms with E-state index >= 15 is 0 Å². The van der Waals surface area contributed by atoms with Crippen LogP contribution in [0.3, 0.4) is 0 Å². The van der Waals surface area contributed by atoms with Crippen LogP contribution in [0.25, 0.3) is 43.5 Å². The molecule has 1 aromatic heterocycles. The zero-order valence-corrected chi connectivity index (χ0v) is 13.2. The summed E-state index contributed by atoms with van der Waals surface area (Å²) < 4.78 is 7.29. The molecule has 0 radical (unpaired) electrons. The van der Waals surface area contributed by atoms with Crippen molar-refractivity contribution in [1.82, 2.24) is 0 Å². The Bertz CT molecular complexity index is 1180. The smallest absolute Gasteiger partial charge is 0.143 e. The van der Waals surface area contributed by atoms with Gasteiger partial charge in [0.15, 0.2) is 0 Å². The zero-order valence-electron chi connectivity index (χ0n) is 11.6. The summed E-state index contributed by atoms with van der Waals surface area (Å²) in [4.78, 5) is 0. The second-order valence-electron chi connectivity index (χ2n) is 5.54. The minimum Gasteiger partial charge on any atom is -0.455 e. The molecule has 0 fully saturated rings. The summed E-state index contributed by atoms with van der Waals surface area (Å²) in [6.07, 6.45) is 0. The van der Waals surface area contributed by atoms with Crippen LogP contribution in [0.2, 0.25) is 0 Å². The predicted molar refractivity (Wildman–Crippen MR) is 96.4 cm³/mol. The van der Waals surface area contributed by atoms with Crippen molar-refractivity contribution in [1.29, 1.82) is 0 Å². The molecule has 0 amide bonds. The summed E-state index contributed by atoms with van der Waals surface area (Å²) in [5.74, 6) is 0. The molecule has 0 aliphatic carbocycles. The quantitative estimate of drug-likeness (QED) is 0.305. The van der Waals surface area contributed by atoms with Gasteiger partial charge in [0.25, 0.3) is 0 Å². The average Bonchev–Trinajstić information content (AvgIpc) is 2.94. The molecule has 22 heavy (non-hydrogen) atoms. The third-order valence-corrected chi connectivity index (χ3v) is 4.97. The Labute approximate surface area is 135 Å². The minimum absolute atomic E-state index is 0.928. The summed E-state index contributed by atoms with van der Waals surface area (Å²) in [6, 6.07) is 23.2. The number of halogens is 1. The second kappa shape index (κ2) is 4.34. The van der Waals surface area contributed by atoms with Gasteiger partial charge in [-0.25, -0.2) is 0 Å². The van der Waals surface area contributed by atoms with Gasteiger partial charge in [-0.3, -0.25) is 0 Å². The lowest BCUT2D eigenvalue weighted by molar-refractivity contribution is 0.672. The summed E-state index contributed by atoms with van der Waals surface area (Å²) in [7, 11) is 0. The third kappa shape index (κ3) is 1.53. The van der Waals surface area contributed by atoms with E-state index in [-0.39, 0.29) is 0 Å². The van der Waals surface area contributed by atoms with E-state index < -0.39 is 0 Å². The number of fused-ring (bicyclic) bond motifs is 7. The van der Waals surface area contributed by atoms with Crippen LogP contribution in [-0.2, 0) is 0 Å². The topological polar surface area (TPSA) is 13.1 Å². The second-order valence-corrected chi connectivity index (χ2v) is 6.40. The first kappa shape index (κ1) is 12.2. The molecule has 2 heteroatoms. The molecule has 0 atom stereocenters. The molecule has 104 valence electrons. The maximum absolute atomic E-state index is 6.22. The Hall–Kier alpha value is -2.32. The lowest BCUT2D eigenvalue weighted by atomic mass is 10.0. The van der Waals surface area contributed by atoms with Crippen molar-refractivity contribution < 1.29 is 4.42 Å². The van der Waals surface area contributed by atoms with Crippen molar-refractivity contribution in [2.75, 3.05) is 0 Å². The highest BCUT2D eigenvalue weighted by Gasteiger charge is 2.14. The molecular formula is C20H11BrO. The molecule has 0 spiro atoms. The van der Waals surface area contributed by atoms with E-state index in [2.05, 4.69) is 82.7 Å². The Kier molecular flexibility index (Phi) is 2.42. The molecule has 0 saturated carbocycles. The first-order valence-corrected chi connectivity index (χ1v) is 8.03. The highest BCUT2D eigenvalue weighted by Crippen LogP contribution is 2.40. The fourth-order valence-corrected chi connectivity index (χ4v) is 3.88. The van der Waals surface area contributed by atoms with Gasteiger partial charge in [0, 0.05) is 20.6 Å². The first-order chi connectivity index (χ1) is 10.8. The Morgan fingerprint density at radius 3 is 2.27 bits per heavy atom. The summed E-state index contributed by atoms with van der Waals surface area (Å²) in [6.45, 7) is 0. The van der Waals surface area contributed by atoms with Crippen molar-refractivity contribution in [3.8, 4) is 0 Å². The largest absolute Gasteiger partial charge is 0.455 e. The number of rotatable bonds is 0. The first-order valence-electron chi connectivity index (χ1n) is 7.24. The maximum Gasteiger partial charge on any atom is 0.143 e. The standard InChI is InChI=1S/C20H11BrO/c21-17-11-18-19(15-8-4-3-7-14(15)17)16-10-9-12-5-1-2-6-13(12)20(16)22-18/h1-11H. The van der Waals surface area contributed by atoms with Gasteiger partial charge in [-0.2, -0.15) is 0 Å². The predicted octanol–water partition coefficient (Wildman–Crippen LogP) is 6.65. The minimum atomic E-state index is 0.928. The lowest BCUT2D eigenvalue weighted by Gasteiger charge is -2.02. The van der Waals surface area contributed by atoms with E-state index in [4.69, 9.17) is 4.42 Å². The molecule has 0 saturated heterocycles. The van der Waals surface area contributed by atoms with Gasteiger partial charge in [0.05, 0.1) is 0 Å². The van der Waals surface area contributed by atoms with E-state index in [1.54, 1.807) is 0 Å². The van der Waals surface area contributed by atoms with Gasteiger partial charge in [-0.1, -0.05) is 70.5 Å². The highest BCUT2D eigenvalue weighted by atomic mass is 79.9. The summed E-state index contributed by atoms with van der Waals surface area (Å²) in [5, 5.41) is 7.18. The molecular weight excluding hydrogens is 336 g/mol. The van der Waals surface area contributed by atoms with Crippen LogP contribution < -0.4 is 0 Å². The van der Waals surface area contributed by atoms with E-state index in [1.807, 2.05) is 0 Å². The lowest BCUT2D eigenvalue weighted by Crippen LogP contribution is -1.76. The van der Waals surface area contributed by atoms with Gasteiger partial charge in [0.2, 0.25) is 0 Å². The van der Waals surface area contributed by atoms with Gasteiger partial charge < -0.3 is 4.42 Å². The van der Waals surface area contributed by atoms with Crippen molar-refractivity contribution in [3.63, 3.8) is 0 Å². The molecule has 1 heterocycles. The van der Waals surface area contributed by atoms with Crippen LogP contribution >= 0.6 is 15.9 Å². The Morgan fingerprint density at radius 2 is 1.41 bits per heavy atom. The average molecular weight is 347 g/mol. The van der Waals surface area contributed by atoms with Crippen molar-refractivity contribution in [2.24, 2.45) is 0 Å². The van der Waals surface area contributed by atoms with E-state index in [9.17, 15) is 0 Å². The van der Waals surface area contributed by atoms with E-state index in [0.29, 0.717) is 0 Å². The van der Waals surface area contributed by atoms with Crippen LogP contribution in [0.5, 0.6) is 0 Å². The molecule has 4 aromatic carbocycles. The van der Waals surface area contributed by atoms with Crippen LogP contribution in [-0.4, -0.2) is 0 Å². The van der Waals surface area contributed by atoms with Crippen molar-refractivity contribution >= 4 is 59.4 Å². The Morgan fingerprint density at radius 1 is 0.682 bits per heavy atom. The number of hydrogen-bond donors (Lipinski definition) is 0. The fraction of sp³-hybridized carbons (Fsp3) is 0. The molecule has 0 aliphatic heterocycles. The van der Waals surface area contributed by atoms with Gasteiger partial charge >= 0.3 is 0 Å². The molecule has 0 aliphatic rings. The normalized spacial score (nSPS) is 11.9.